The molecule has 1 fully saturated rings. The molecule has 18 heavy (non-hydrogen) atoms. The second kappa shape index (κ2) is 8.08. The van der Waals surface area contributed by atoms with Crippen LogP contribution in [0.1, 0.15) is 31.7 Å². The summed E-state index contributed by atoms with van der Waals surface area (Å²) in [6.45, 7) is 5.73. The summed E-state index contributed by atoms with van der Waals surface area (Å²) in [4.78, 5) is 0. The summed E-state index contributed by atoms with van der Waals surface area (Å²) in [5, 5.41) is 3.66. The van der Waals surface area contributed by atoms with E-state index in [1.54, 1.807) is 0 Å². The fourth-order valence-electron chi connectivity index (χ4n) is 2.12. The lowest BCUT2D eigenvalue weighted by molar-refractivity contribution is 0.705. The number of nitrogens with one attached hydrogen (secondary N) is 1. The Bertz CT molecular complexity index is 329. The first-order valence-electron chi connectivity index (χ1n) is 6.63. The van der Waals surface area contributed by atoms with Crippen LogP contribution < -0.4 is 5.32 Å². The summed E-state index contributed by atoms with van der Waals surface area (Å²) < 4.78 is 0. The van der Waals surface area contributed by atoms with E-state index in [-0.39, 0.29) is 12.4 Å². The second-order valence-corrected chi connectivity index (χ2v) is 6.43. The molecule has 1 nitrogen and oxygen atoms in total. The minimum Gasteiger partial charge on any atom is -0.313 e. The molecule has 1 aromatic carbocycles. The average molecular weight is 286 g/mol. The molecule has 1 aromatic rings. The number of rotatable bonds is 7. The number of hydrogen-bond donors (Lipinski definition) is 1. The molecule has 1 unspecified atom stereocenters. The van der Waals surface area contributed by atoms with Crippen LogP contribution in [0.2, 0.25) is 0 Å². The van der Waals surface area contributed by atoms with Gasteiger partial charge in [-0.2, -0.15) is 11.8 Å². The smallest absolute Gasteiger partial charge is 0.0143 e. The molecule has 2 atom stereocenters. The first kappa shape index (κ1) is 15.9. The Balaban J connectivity index is 0.00000162. The molecule has 0 saturated heterocycles. The van der Waals surface area contributed by atoms with Crippen molar-refractivity contribution in [3.8, 4) is 0 Å². The van der Waals surface area contributed by atoms with Crippen LogP contribution in [-0.4, -0.2) is 24.1 Å². The molecule has 1 saturated carbocycles. The van der Waals surface area contributed by atoms with Gasteiger partial charge in [0.25, 0.3) is 0 Å². The van der Waals surface area contributed by atoms with Crippen molar-refractivity contribution in [3.63, 3.8) is 0 Å². The lowest BCUT2D eigenvalue weighted by atomic mass is 10.1. The van der Waals surface area contributed by atoms with Gasteiger partial charge in [0.15, 0.2) is 0 Å². The van der Waals surface area contributed by atoms with Gasteiger partial charge in [-0.15, -0.1) is 12.4 Å². The molecular formula is C15H24ClNS. The fourth-order valence-corrected chi connectivity index (χ4v) is 3.03. The number of thioether (sulfide) groups is 1. The van der Waals surface area contributed by atoms with Crippen molar-refractivity contribution < 1.29 is 0 Å². The zero-order chi connectivity index (χ0) is 12.1. The van der Waals surface area contributed by atoms with E-state index < -0.39 is 0 Å². The second-order valence-electron chi connectivity index (χ2n) is 5.28. The van der Waals surface area contributed by atoms with Gasteiger partial charge < -0.3 is 5.32 Å². The molecular weight excluding hydrogens is 262 g/mol. The van der Waals surface area contributed by atoms with Gasteiger partial charge >= 0.3 is 0 Å². The third kappa shape index (κ3) is 5.21. The van der Waals surface area contributed by atoms with Crippen molar-refractivity contribution in [3.05, 3.63) is 35.9 Å². The molecule has 0 spiro atoms. The number of halogens is 1. The van der Waals surface area contributed by atoms with E-state index in [1.165, 1.54) is 23.5 Å². The van der Waals surface area contributed by atoms with Crippen molar-refractivity contribution in [2.45, 2.75) is 32.2 Å². The first-order valence-corrected chi connectivity index (χ1v) is 7.79. The van der Waals surface area contributed by atoms with Gasteiger partial charge in [-0.3, -0.25) is 0 Å². The van der Waals surface area contributed by atoms with Crippen LogP contribution in [0.25, 0.3) is 0 Å². The molecule has 0 aromatic heterocycles. The van der Waals surface area contributed by atoms with Crippen LogP contribution in [0.5, 0.6) is 0 Å². The average Bonchev–Trinajstić information content (AvgIpc) is 3.09. The van der Waals surface area contributed by atoms with Crippen LogP contribution in [-0.2, 0) is 0 Å². The van der Waals surface area contributed by atoms with Gasteiger partial charge in [0.05, 0.1) is 0 Å². The third-order valence-electron chi connectivity index (χ3n) is 3.12. The van der Waals surface area contributed by atoms with Crippen molar-refractivity contribution >= 4 is 24.2 Å². The summed E-state index contributed by atoms with van der Waals surface area (Å²) in [6, 6.07) is 11.6. The van der Waals surface area contributed by atoms with E-state index in [9.17, 15) is 0 Å². The quantitative estimate of drug-likeness (QED) is 0.762. The van der Waals surface area contributed by atoms with E-state index in [1.807, 2.05) is 0 Å². The molecule has 1 N–H and O–H groups in total. The Morgan fingerprint density at radius 2 is 2.00 bits per heavy atom. The van der Waals surface area contributed by atoms with Gasteiger partial charge in [-0.25, -0.2) is 0 Å². The minimum absolute atomic E-state index is 0. The summed E-state index contributed by atoms with van der Waals surface area (Å²) in [5.41, 5.74) is 1.50. The monoisotopic (exact) mass is 285 g/mol. The molecule has 0 radical (unpaired) electrons. The van der Waals surface area contributed by atoms with Gasteiger partial charge in [-0.05, 0) is 23.7 Å². The maximum Gasteiger partial charge on any atom is 0.0143 e. The fraction of sp³-hybridized carbons (Fsp3) is 0.600. The van der Waals surface area contributed by atoms with E-state index in [4.69, 9.17) is 0 Å². The van der Waals surface area contributed by atoms with Crippen LogP contribution in [0.3, 0.4) is 0 Å². The first-order chi connectivity index (χ1) is 8.27. The highest BCUT2D eigenvalue weighted by atomic mass is 35.5. The Labute approximate surface area is 122 Å². The minimum atomic E-state index is 0. The summed E-state index contributed by atoms with van der Waals surface area (Å²) in [5.74, 6) is 4.12. The molecule has 102 valence electrons. The van der Waals surface area contributed by atoms with E-state index >= 15 is 0 Å². The Hall–Kier alpha value is -0.180. The predicted octanol–water partition coefficient (Wildman–Crippen LogP) is 3.94. The molecule has 0 amide bonds. The predicted molar refractivity (Wildman–Crippen MR) is 85.0 cm³/mol. The number of hydrogen-bond acceptors (Lipinski definition) is 2. The lowest BCUT2D eigenvalue weighted by Gasteiger charge is -2.06. The molecule has 2 rings (SSSR count). The maximum atomic E-state index is 3.66. The van der Waals surface area contributed by atoms with Crippen LogP contribution in [0.4, 0.5) is 0 Å². The summed E-state index contributed by atoms with van der Waals surface area (Å²) in [6.07, 6.45) is 1.32. The van der Waals surface area contributed by atoms with E-state index in [0.717, 1.165) is 24.4 Å². The molecule has 3 heteroatoms. The molecule has 0 aliphatic heterocycles. The van der Waals surface area contributed by atoms with Gasteiger partial charge in [-0.1, -0.05) is 44.2 Å². The Kier molecular flexibility index (Phi) is 7.13. The van der Waals surface area contributed by atoms with E-state index in [2.05, 4.69) is 61.3 Å². The van der Waals surface area contributed by atoms with Crippen molar-refractivity contribution in [1.82, 2.24) is 5.32 Å². The van der Waals surface area contributed by atoms with Crippen molar-refractivity contribution in [1.29, 1.82) is 0 Å². The molecule has 1 aliphatic carbocycles. The standard InChI is InChI=1S/C15H23NS.ClH/c1-12(2)11-17-9-8-16-15-10-14(15)13-6-4-3-5-7-13;/h3-7,12,14-16H,8-11H2,1-2H3;1H/t14?,15-;/m0./s1. The van der Waals surface area contributed by atoms with Crippen LogP contribution in [0, 0.1) is 5.92 Å². The number of benzene rings is 1. The molecule has 0 bridgehead atoms. The lowest BCUT2D eigenvalue weighted by Crippen LogP contribution is -2.21. The largest absolute Gasteiger partial charge is 0.313 e. The van der Waals surface area contributed by atoms with Gasteiger partial charge in [0.2, 0.25) is 0 Å². The van der Waals surface area contributed by atoms with Gasteiger partial charge in [0, 0.05) is 24.3 Å². The topological polar surface area (TPSA) is 12.0 Å². The molecule has 0 heterocycles. The van der Waals surface area contributed by atoms with Crippen LogP contribution >= 0.6 is 24.2 Å². The highest BCUT2D eigenvalue weighted by Gasteiger charge is 2.37. The van der Waals surface area contributed by atoms with Crippen LogP contribution in [0.15, 0.2) is 30.3 Å². The third-order valence-corrected chi connectivity index (χ3v) is 4.52. The summed E-state index contributed by atoms with van der Waals surface area (Å²) >= 11 is 2.07. The SMILES string of the molecule is CC(C)CSCCN[C@H]1CC1c1ccccc1.Cl. The summed E-state index contributed by atoms with van der Waals surface area (Å²) in [7, 11) is 0. The zero-order valence-electron chi connectivity index (χ0n) is 11.3. The highest BCUT2D eigenvalue weighted by molar-refractivity contribution is 7.99. The Morgan fingerprint density at radius 3 is 2.67 bits per heavy atom. The zero-order valence-corrected chi connectivity index (χ0v) is 12.9. The Morgan fingerprint density at radius 1 is 1.28 bits per heavy atom. The van der Waals surface area contributed by atoms with E-state index in [0.29, 0.717) is 0 Å². The molecule has 1 aliphatic rings. The highest BCUT2D eigenvalue weighted by Crippen LogP contribution is 2.40. The van der Waals surface area contributed by atoms with Crippen molar-refractivity contribution in [2.75, 3.05) is 18.1 Å². The van der Waals surface area contributed by atoms with Crippen molar-refractivity contribution in [2.24, 2.45) is 5.92 Å². The van der Waals surface area contributed by atoms with Gasteiger partial charge in [0.1, 0.15) is 0 Å². The maximum absolute atomic E-state index is 3.66. The normalized spacial score (nSPS) is 21.7.